The number of para-hydroxylation sites is 2. The molecule has 0 amide bonds. The minimum absolute atomic E-state index is 0.232. The zero-order valence-corrected chi connectivity index (χ0v) is 44.6. The van der Waals surface area contributed by atoms with Crippen LogP contribution in [0.4, 0.5) is 17.1 Å². The summed E-state index contributed by atoms with van der Waals surface area (Å²) in [4.78, 5) is 2.50. The smallest absolute Gasteiger partial charge is 0.144 e. The van der Waals surface area contributed by atoms with Crippen molar-refractivity contribution in [2.45, 2.75) is 57.8 Å². The first-order valence-corrected chi connectivity index (χ1v) is 27.5. The van der Waals surface area contributed by atoms with E-state index in [1.807, 2.05) is 0 Å². The Bertz CT molecular complexity index is 4700. The van der Waals surface area contributed by atoms with Crippen LogP contribution in [0.25, 0.3) is 111 Å². The summed E-state index contributed by atoms with van der Waals surface area (Å²) in [5.74, 6) is 0. The fraction of sp³-hybridized carbons (Fsp3) is 0.120. The molecule has 0 N–H and O–H groups in total. The highest BCUT2D eigenvalue weighted by Gasteiger charge is 2.49. The Balaban J connectivity index is 0.915. The maximum absolute atomic E-state index is 7.10. The van der Waals surface area contributed by atoms with E-state index in [1.165, 1.54) is 105 Å². The van der Waals surface area contributed by atoms with E-state index in [-0.39, 0.29) is 16.2 Å². The second-order valence-electron chi connectivity index (χ2n) is 23.5. The summed E-state index contributed by atoms with van der Waals surface area (Å²) in [6, 6.07) is 82.5. The molecule has 16 rings (SSSR count). The van der Waals surface area contributed by atoms with Gasteiger partial charge in [-0.15, -0.1) is 0 Å². The molecule has 0 spiro atoms. The highest BCUT2D eigenvalue weighted by atomic mass is 16.3. The molecule has 372 valence electrons. The highest BCUT2D eigenvalue weighted by Crippen LogP contribution is 2.64. The van der Waals surface area contributed by atoms with Gasteiger partial charge in [0.1, 0.15) is 22.3 Å². The van der Waals surface area contributed by atoms with Crippen LogP contribution in [-0.2, 0) is 16.2 Å². The third-order valence-electron chi connectivity index (χ3n) is 18.2. The number of rotatable bonds is 6. The first kappa shape index (κ1) is 45.1. The molecule has 0 unspecified atom stereocenters. The fourth-order valence-corrected chi connectivity index (χ4v) is 14.6. The van der Waals surface area contributed by atoms with Crippen molar-refractivity contribution in [3.8, 4) is 66.8 Å². The molecular formula is C75H55NO2. The molecule has 0 atom stereocenters. The summed E-state index contributed by atoms with van der Waals surface area (Å²) in [5, 5.41) is 4.70. The van der Waals surface area contributed by atoms with Gasteiger partial charge in [-0.2, -0.15) is 0 Å². The second-order valence-corrected chi connectivity index (χ2v) is 23.5. The Labute approximate surface area is 454 Å². The molecule has 3 aliphatic carbocycles. The minimum atomic E-state index is -0.370. The Morgan fingerprint density at radius 1 is 0.295 bits per heavy atom. The zero-order chi connectivity index (χ0) is 52.4. The van der Waals surface area contributed by atoms with Crippen molar-refractivity contribution in [2.75, 3.05) is 4.90 Å². The standard InChI is InChI=1S/C75H55NO2/c1-73(2)59-41-48(36-38-53(59)64-61(73)43-57(71-66(64)55-31-16-19-34-62(55)77-71)51-29-14-13-28-50(51)45-24-11-8-12-25-45)76(47-27-21-26-46(40-47)44-22-9-7-10-23-44)49-37-39-54-60(42-49)75(5,6)70-68(54)72-67(56-32-17-20-35-63(56)78-72)65-52-30-15-18-33-58(52)74(3,4)69(65)70/h7-43H,1-6H3. The molecule has 13 aromatic rings. The highest BCUT2D eigenvalue weighted by molar-refractivity contribution is 6.22. The zero-order valence-electron chi connectivity index (χ0n) is 44.6. The summed E-state index contributed by atoms with van der Waals surface area (Å²) in [6.07, 6.45) is 0. The Hall–Kier alpha value is -9.18. The number of hydrogen-bond donors (Lipinski definition) is 0. The van der Waals surface area contributed by atoms with Crippen LogP contribution in [0.1, 0.15) is 74.9 Å². The van der Waals surface area contributed by atoms with Crippen LogP contribution in [0.15, 0.2) is 233 Å². The van der Waals surface area contributed by atoms with E-state index < -0.39 is 0 Å². The summed E-state index contributed by atoms with van der Waals surface area (Å²) in [5.41, 5.74) is 28.7. The lowest BCUT2D eigenvalue weighted by atomic mass is 9.72. The molecule has 0 saturated carbocycles. The third kappa shape index (κ3) is 6.05. The SMILES string of the molecule is CC1(C)c2cc(N(c3cccc(-c4ccccc4)c3)c3ccc4c(c3)C(C)(C)c3c5c(c6c(oc7ccccc76)c3-4)-c3ccccc3C5(C)C)ccc2-c2c1cc(-c1ccccc1-c1ccccc1)c1oc3ccccc3c21. The van der Waals surface area contributed by atoms with Crippen molar-refractivity contribution in [1.82, 2.24) is 0 Å². The van der Waals surface area contributed by atoms with E-state index in [4.69, 9.17) is 8.83 Å². The van der Waals surface area contributed by atoms with Gasteiger partial charge in [0, 0.05) is 66.0 Å². The summed E-state index contributed by atoms with van der Waals surface area (Å²) < 4.78 is 14.1. The number of anilines is 3. The number of nitrogens with zero attached hydrogens (tertiary/aromatic N) is 1. The van der Waals surface area contributed by atoms with Gasteiger partial charge in [0.25, 0.3) is 0 Å². The monoisotopic (exact) mass is 1000 g/mol. The number of hydrogen-bond acceptors (Lipinski definition) is 3. The normalized spacial score (nSPS) is 14.8. The molecule has 0 bridgehead atoms. The Morgan fingerprint density at radius 3 is 1.47 bits per heavy atom. The van der Waals surface area contributed by atoms with Gasteiger partial charge in [0.15, 0.2) is 0 Å². The van der Waals surface area contributed by atoms with Gasteiger partial charge in [-0.05, 0) is 144 Å². The number of furan rings is 2. The Kier molecular flexibility index (Phi) is 9.21. The average Bonchev–Trinajstić information content (AvgIpc) is 2.87. The molecule has 0 aliphatic heterocycles. The first-order valence-electron chi connectivity index (χ1n) is 27.5. The molecule has 0 saturated heterocycles. The predicted molar refractivity (Wildman–Crippen MR) is 325 cm³/mol. The molecule has 0 fully saturated rings. The van der Waals surface area contributed by atoms with E-state index in [0.717, 1.165) is 55.9 Å². The van der Waals surface area contributed by atoms with Crippen molar-refractivity contribution in [3.63, 3.8) is 0 Å². The van der Waals surface area contributed by atoms with Crippen molar-refractivity contribution >= 4 is 60.9 Å². The van der Waals surface area contributed by atoms with Crippen LogP contribution in [0, 0.1) is 0 Å². The Morgan fingerprint density at radius 2 is 0.782 bits per heavy atom. The largest absolute Gasteiger partial charge is 0.455 e. The van der Waals surface area contributed by atoms with Crippen molar-refractivity contribution in [1.29, 1.82) is 0 Å². The maximum Gasteiger partial charge on any atom is 0.144 e. The molecule has 3 nitrogen and oxygen atoms in total. The molecule has 2 heterocycles. The van der Waals surface area contributed by atoms with Crippen molar-refractivity contribution < 1.29 is 8.83 Å². The number of fused-ring (bicyclic) bond motifs is 19. The van der Waals surface area contributed by atoms with Crippen LogP contribution in [-0.4, -0.2) is 0 Å². The van der Waals surface area contributed by atoms with Crippen molar-refractivity contribution in [3.05, 3.63) is 258 Å². The molecule has 3 heteroatoms. The quantitative estimate of drug-likeness (QED) is 0.166. The van der Waals surface area contributed by atoms with Gasteiger partial charge < -0.3 is 13.7 Å². The molecule has 78 heavy (non-hydrogen) atoms. The topological polar surface area (TPSA) is 29.5 Å². The molecule has 2 aromatic heterocycles. The molecule has 11 aromatic carbocycles. The number of benzene rings is 11. The van der Waals surface area contributed by atoms with E-state index in [9.17, 15) is 0 Å². The molecular weight excluding hydrogens is 947 g/mol. The fourth-order valence-electron chi connectivity index (χ4n) is 14.6. The van der Waals surface area contributed by atoms with E-state index in [2.05, 4.69) is 271 Å². The lowest BCUT2D eigenvalue weighted by molar-refractivity contribution is 0.600. The van der Waals surface area contributed by atoms with Crippen molar-refractivity contribution in [2.24, 2.45) is 0 Å². The summed E-state index contributed by atoms with van der Waals surface area (Å²) >= 11 is 0. The van der Waals surface area contributed by atoms with E-state index in [1.54, 1.807) is 0 Å². The second kappa shape index (κ2) is 15.9. The van der Waals surface area contributed by atoms with Gasteiger partial charge in [-0.25, -0.2) is 0 Å². The van der Waals surface area contributed by atoms with Gasteiger partial charge in [0.2, 0.25) is 0 Å². The van der Waals surface area contributed by atoms with Gasteiger partial charge in [0.05, 0.1) is 0 Å². The average molecular weight is 1000 g/mol. The predicted octanol–water partition coefficient (Wildman–Crippen LogP) is 20.9. The lowest BCUT2D eigenvalue weighted by Gasteiger charge is -2.32. The van der Waals surface area contributed by atoms with E-state index in [0.29, 0.717) is 0 Å². The van der Waals surface area contributed by atoms with Gasteiger partial charge in [-0.3, -0.25) is 0 Å². The van der Waals surface area contributed by atoms with Crippen LogP contribution < -0.4 is 4.90 Å². The van der Waals surface area contributed by atoms with Gasteiger partial charge >= 0.3 is 0 Å². The molecule has 3 aliphatic rings. The van der Waals surface area contributed by atoms with Crippen LogP contribution in [0.5, 0.6) is 0 Å². The van der Waals surface area contributed by atoms with E-state index >= 15 is 0 Å². The summed E-state index contributed by atoms with van der Waals surface area (Å²) in [6.45, 7) is 14.6. The van der Waals surface area contributed by atoms with Crippen LogP contribution >= 0.6 is 0 Å². The van der Waals surface area contributed by atoms with Gasteiger partial charge in [-0.1, -0.05) is 211 Å². The third-order valence-corrected chi connectivity index (χ3v) is 18.2. The maximum atomic E-state index is 7.10. The molecule has 0 radical (unpaired) electrons. The minimum Gasteiger partial charge on any atom is -0.455 e. The summed E-state index contributed by atoms with van der Waals surface area (Å²) in [7, 11) is 0. The first-order chi connectivity index (χ1) is 38.0. The van der Waals surface area contributed by atoms with Crippen LogP contribution in [0.3, 0.4) is 0 Å². The van der Waals surface area contributed by atoms with Crippen LogP contribution in [0.2, 0.25) is 0 Å². The lowest BCUT2D eigenvalue weighted by Crippen LogP contribution is -2.24.